The van der Waals surface area contributed by atoms with Gasteiger partial charge in [-0.3, -0.25) is 4.79 Å². The maximum absolute atomic E-state index is 12.6. The molecule has 8 nitrogen and oxygen atoms in total. The van der Waals surface area contributed by atoms with Gasteiger partial charge in [-0.05, 0) is 38.6 Å². The summed E-state index contributed by atoms with van der Waals surface area (Å²) >= 11 is 0. The molecule has 0 aliphatic carbocycles. The van der Waals surface area contributed by atoms with Crippen LogP contribution in [0.1, 0.15) is 11.4 Å². The lowest BCUT2D eigenvalue weighted by atomic mass is 10.2. The Balaban J connectivity index is 1.32. The normalized spacial score (nSPS) is 17.7. The number of aryl methyl sites for hydroxylation is 2. The summed E-state index contributed by atoms with van der Waals surface area (Å²) in [6.45, 7) is 10.9. The summed E-state index contributed by atoms with van der Waals surface area (Å²) in [5.74, 6) is 3.50. The molecule has 1 aromatic carbocycles. The first kappa shape index (κ1) is 21.4. The van der Waals surface area contributed by atoms with Gasteiger partial charge in [0, 0.05) is 58.4 Å². The number of aromatic nitrogens is 2. The van der Waals surface area contributed by atoms with E-state index in [1.165, 1.54) is 0 Å². The number of benzene rings is 1. The van der Waals surface area contributed by atoms with Crippen LogP contribution in [0.25, 0.3) is 0 Å². The zero-order valence-corrected chi connectivity index (χ0v) is 18.8. The van der Waals surface area contributed by atoms with Crippen LogP contribution in [0.4, 0.5) is 11.6 Å². The number of carbonyl (C=O) groups is 1. The molecule has 2 aromatic rings. The molecule has 8 heteroatoms. The highest BCUT2D eigenvalue weighted by molar-refractivity contribution is 5.78. The van der Waals surface area contributed by atoms with E-state index in [-0.39, 0.29) is 12.5 Å². The number of piperazine rings is 2. The molecule has 0 radical (unpaired) electrons. The predicted octanol–water partition coefficient (Wildman–Crippen LogP) is 1.57. The number of likely N-dealkylation sites (N-methyl/N-ethyl adjacent to an activating group) is 1. The van der Waals surface area contributed by atoms with Crippen molar-refractivity contribution in [3.05, 3.63) is 41.7 Å². The monoisotopic (exact) mass is 424 g/mol. The van der Waals surface area contributed by atoms with Gasteiger partial charge in [0.2, 0.25) is 0 Å². The number of amides is 1. The Hall–Kier alpha value is -2.87. The lowest BCUT2D eigenvalue weighted by Crippen LogP contribution is -2.50. The summed E-state index contributed by atoms with van der Waals surface area (Å²) in [6.07, 6.45) is 0. The van der Waals surface area contributed by atoms with E-state index < -0.39 is 0 Å². The smallest absolute Gasteiger partial charge is 0.260 e. The molecule has 0 saturated carbocycles. The first-order valence-corrected chi connectivity index (χ1v) is 11.0. The van der Waals surface area contributed by atoms with E-state index in [0.717, 1.165) is 68.0 Å². The van der Waals surface area contributed by atoms with Crippen molar-refractivity contribution >= 4 is 17.5 Å². The summed E-state index contributed by atoms with van der Waals surface area (Å²) < 4.78 is 5.69. The van der Waals surface area contributed by atoms with Crippen LogP contribution in [0.5, 0.6) is 5.75 Å². The van der Waals surface area contributed by atoms with Gasteiger partial charge >= 0.3 is 0 Å². The Morgan fingerprint density at radius 1 is 0.903 bits per heavy atom. The van der Waals surface area contributed by atoms with Gasteiger partial charge in [0.05, 0.1) is 0 Å². The largest absolute Gasteiger partial charge is 0.484 e. The van der Waals surface area contributed by atoms with E-state index >= 15 is 0 Å². The Bertz CT molecular complexity index is 905. The molecule has 2 fully saturated rings. The van der Waals surface area contributed by atoms with E-state index in [1.54, 1.807) is 0 Å². The first-order valence-electron chi connectivity index (χ1n) is 11.0. The number of anilines is 2. The van der Waals surface area contributed by atoms with Gasteiger partial charge in [0.15, 0.2) is 6.61 Å². The average molecular weight is 425 g/mol. The molecule has 3 heterocycles. The molecule has 0 bridgehead atoms. The van der Waals surface area contributed by atoms with Crippen molar-refractivity contribution in [3.8, 4) is 5.75 Å². The third kappa shape index (κ3) is 5.44. The van der Waals surface area contributed by atoms with Crippen LogP contribution in [0.2, 0.25) is 0 Å². The summed E-state index contributed by atoms with van der Waals surface area (Å²) in [6, 6.07) is 9.87. The van der Waals surface area contributed by atoms with Crippen molar-refractivity contribution in [3.63, 3.8) is 0 Å². The van der Waals surface area contributed by atoms with Crippen LogP contribution >= 0.6 is 0 Å². The second-order valence-corrected chi connectivity index (χ2v) is 8.39. The van der Waals surface area contributed by atoms with Gasteiger partial charge < -0.3 is 24.3 Å². The molecule has 31 heavy (non-hydrogen) atoms. The van der Waals surface area contributed by atoms with Crippen LogP contribution in [-0.4, -0.2) is 91.7 Å². The van der Waals surface area contributed by atoms with Gasteiger partial charge in [-0.15, -0.1) is 0 Å². The fourth-order valence-electron chi connectivity index (χ4n) is 4.02. The number of rotatable bonds is 5. The predicted molar refractivity (Wildman–Crippen MR) is 122 cm³/mol. The lowest BCUT2D eigenvalue weighted by molar-refractivity contribution is -0.133. The van der Waals surface area contributed by atoms with Crippen LogP contribution in [0.3, 0.4) is 0 Å². The average Bonchev–Trinajstić information content (AvgIpc) is 2.78. The fraction of sp³-hybridized carbons (Fsp3) is 0.522. The van der Waals surface area contributed by atoms with E-state index in [9.17, 15) is 4.79 Å². The molecular formula is C23H32N6O2. The van der Waals surface area contributed by atoms with Crippen LogP contribution in [-0.2, 0) is 4.79 Å². The lowest BCUT2D eigenvalue weighted by Gasteiger charge is -2.36. The van der Waals surface area contributed by atoms with Crippen molar-refractivity contribution in [1.82, 2.24) is 19.8 Å². The minimum atomic E-state index is 0.0261. The highest BCUT2D eigenvalue weighted by Gasteiger charge is 2.24. The third-order valence-corrected chi connectivity index (χ3v) is 5.95. The zero-order chi connectivity index (χ0) is 21.8. The fourth-order valence-corrected chi connectivity index (χ4v) is 4.02. The van der Waals surface area contributed by atoms with Crippen molar-refractivity contribution in [2.45, 2.75) is 13.8 Å². The van der Waals surface area contributed by atoms with Gasteiger partial charge in [-0.2, -0.15) is 0 Å². The van der Waals surface area contributed by atoms with E-state index in [2.05, 4.69) is 37.8 Å². The molecule has 1 aromatic heterocycles. The van der Waals surface area contributed by atoms with Gasteiger partial charge in [0.25, 0.3) is 5.91 Å². The van der Waals surface area contributed by atoms with Crippen molar-refractivity contribution in [1.29, 1.82) is 0 Å². The SMILES string of the molecule is Cc1cccc(OCC(=O)N2CCN(c3cc(N4CCN(C)CC4)nc(C)n3)CC2)c1. The third-order valence-electron chi connectivity index (χ3n) is 5.95. The Kier molecular flexibility index (Phi) is 6.56. The van der Waals surface area contributed by atoms with E-state index in [4.69, 9.17) is 4.74 Å². The zero-order valence-electron chi connectivity index (χ0n) is 18.8. The molecular weight excluding hydrogens is 392 g/mol. The van der Waals surface area contributed by atoms with Gasteiger partial charge in [0.1, 0.15) is 23.2 Å². The minimum absolute atomic E-state index is 0.0261. The molecule has 4 rings (SSSR count). The van der Waals surface area contributed by atoms with Crippen LogP contribution < -0.4 is 14.5 Å². The van der Waals surface area contributed by atoms with Gasteiger partial charge in [-0.25, -0.2) is 9.97 Å². The number of nitrogens with zero attached hydrogens (tertiary/aromatic N) is 6. The van der Waals surface area contributed by atoms with E-state index in [0.29, 0.717) is 13.1 Å². The minimum Gasteiger partial charge on any atom is -0.484 e. The Labute approximate surface area is 184 Å². The summed E-state index contributed by atoms with van der Waals surface area (Å²) in [5, 5.41) is 0. The maximum Gasteiger partial charge on any atom is 0.260 e. The molecule has 2 saturated heterocycles. The highest BCUT2D eigenvalue weighted by Crippen LogP contribution is 2.21. The highest BCUT2D eigenvalue weighted by atomic mass is 16.5. The second-order valence-electron chi connectivity index (χ2n) is 8.39. The molecule has 0 atom stereocenters. The molecule has 2 aliphatic rings. The Morgan fingerprint density at radius 2 is 1.52 bits per heavy atom. The number of hydrogen-bond acceptors (Lipinski definition) is 7. The summed E-state index contributed by atoms with van der Waals surface area (Å²) in [4.78, 5) is 30.7. The summed E-state index contributed by atoms with van der Waals surface area (Å²) in [5.41, 5.74) is 1.12. The molecule has 1 amide bonds. The molecule has 0 spiro atoms. The second kappa shape index (κ2) is 9.51. The number of ether oxygens (including phenoxy) is 1. The van der Waals surface area contributed by atoms with Crippen molar-refractivity contribution in [2.75, 3.05) is 75.8 Å². The Morgan fingerprint density at radius 3 is 2.13 bits per heavy atom. The number of carbonyl (C=O) groups excluding carboxylic acids is 1. The molecule has 166 valence electrons. The molecule has 2 aliphatic heterocycles. The van der Waals surface area contributed by atoms with Crippen LogP contribution in [0.15, 0.2) is 30.3 Å². The quantitative estimate of drug-likeness (QED) is 0.722. The standard InChI is InChI=1S/C23H32N6O2/c1-18-5-4-6-20(15-18)31-17-23(30)29-13-11-28(12-14-29)22-16-21(24-19(2)25-22)27-9-7-26(3)8-10-27/h4-6,15-16H,7-14,17H2,1-3H3. The topological polar surface area (TPSA) is 65.0 Å². The van der Waals surface area contributed by atoms with Crippen LogP contribution in [0, 0.1) is 13.8 Å². The van der Waals surface area contributed by atoms with Crippen molar-refractivity contribution in [2.24, 2.45) is 0 Å². The maximum atomic E-state index is 12.6. The van der Waals surface area contributed by atoms with Crippen molar-refractivity contribution < 1.29 is 9.53 Å². The summed E-state index contributed by atoms with van der Waals surface area (Å²) in [7, 11) is 2.15. The van der Waals surface area contributed by atoms with Gasteiger partial charge in [-0.1, -0.05) is 12.1 Å². The molecule has 0 unspecified atom stereocenters. The van der Waals surface area contributed by atoms with E-state index in [1.807, 2.05) is 43.0 Å². The molecule has 0 N–H and O–H groups in total. The first-order chi connectivity index (χ1) is 15.0. The number of hydrogen-bond donors (Lipinski definition) is 0.